The van der Waals surface area contributed by atoms with Crippen LogP contribution in [0.1, 0.15) is 51.9 Å². The van der Waals surface area contributed by atoms with E-state index in [1.165, 1.54) is 12.8 Å². The number of hydrogen-bond donors (Lipinski definition) is 0. The highest BCUT2D eigenvalue weighted by Crippen LogP contribution is 2.15. The Morgan fingerprint density at radius 1 is 1.40 bits per heavy atom. The normalized spacial score (nSPS) is 13.4. The number of rotatable bonds is 6. The minimum atomic E-state index is 0.405. The first-order valence-electron chi connectivity index (χ1n) is 5.67. The zero-order chi connectivity index (χ0) is 11.3. The molecule has 0 spiro atoms. The molecule has 0 N–H and O–H groups in total. The minimum absolute atomic E-state index is 0.405. The van der Waals surface area contributed by atoms with E-state index in [1.807, 2.05) is 4.68 Å². The molecule has 0 saturated heterocycles. The van der Waals surface area contributed by atoms with Gasteiger partial charge in [0.15, 0.2) is 0 Å². The average Bonchev–Trinajstić information content (AvgIpc) is 2.63. The Bertz CT molecular complexity index is 283. The molecule has 0 amide bonds. The fraction of sp³-hybridized carbons (Fsp3) is 0.818. The Kier molecular flexibility index (Phi) is 5.29. The van der Waals surface area contributed by atoms with E-state index in [0.717, 1.165) is 18.7 Å². The monoisotopic (exact) mass is 273 g/mol. The van der Waals surface area contributed by atoms with Crippen LogP contribution in [0.25, 0.3) is 0 Å². The molecule has 15 heavy (non-hydrogen) atoms. The molecule has 0 aliphatic rings. The van der Waals surface area contributed by atoms with E-state index in [-0.39, 0.29) is 0 Å². The maximum Gasteiger partial charge on any atom is 0.138 e. The Labute approximate surface area is 100 Å². The van der Waals surface area contributed by atoms with Gasteiger partial charge in [-0.25, -0.2) is 9.67 Å². The van der Waals surface area contributed by atoms with Gasteiger partial charge in [0.2, 0.25) is 0 Å². The summed E-state index contributed by atoms with van der Waals surface area (Å²) < 4.78 is 2.01. The van der Waals surface area contributed by atoms with Crippen molar-refractivity contribution in [1.29, 1.82) is 0 Å². The van der Waals surface area contributed by atoms with Crippen LogP contribution in [0.15, 0.2) is 6.33 Å². The van der Waals surface area contributed by atoms with Crippen LogP contribution in [-0.2, 0) is 6.42 Å². The van der Waals surface area contributed by atoms with Gasteiger partial charge in [-0.3, -0.25) is 0 Å². The lowest BCUT2D eigenvalue weighted by Gasteiger charge is -2.11. The summed E-state index contributed by atoms with van der Waals surface area (Å²) in [5.41, 5.74) is 0. The Morgan fingerprint density at radius 2 is 2.13 bits per heavy atom. The molecule has 1 aromatic rings. The molecule has 3 nitrogen and oxygen atoms in total. The Morgan fingerprint density at radius 3 is 2.73 bits per heavy atom. The van der Waals surface area contributed by atoms with Crippen LogP contribution >= 0.6 is 15.9 Å². The molecule has 1 rings (SSSR count). The maximum absolute atomic E-state index is 4.30. The molecule has 0 saturated carbocycles. The quantitative estimate of drug-likeness (QED) is 0.745. The van der Waals surface area contributed by atoms with Gasteiger partial charge in [-0.1, -0.05) is 29.3 Å². The van der Waals surface area contributed by atoms with Crippen LogP contribution in [0.3, 0.4) is 0 Å². The number of hydrogen-bond acceptors (Lipinski definition) is 2. The van der Waals surface area contributed by atoms with Gasteiger partial charge in [0.1, 0.15) is 12.2 Å². The predicted octanol–water partition coefficient (Wildman–Crippen LogP) is 3.36. The Hall–Kier alpha value is -0.380. The molecular weight excluding hydrogens is 254 g/mol. The summed E-state index contributed by atoms with van der Waals surface area (Å²) in [6.07, 6.45) is 6.26. The molecule has 1 atom stereocenters. The van der Waals surface area contributed by atoms with Crippen LogP contribution in [0.2, 0.25) is 0 Å². The minimum Gasteiger partial charge on any atom is -0.248 e. The fourth-order valence-electron chi connectivity index (χ4n) is 1.63. The lowest BCUT2D eigenvalue weighted by atomic mass is 10.1. The van der Waals surface area contributed by atoms with Crippen molar-refractivity contribution >= 4 is 15.9 Å². The van der Waals surface area contributed by atoms with Crippen LogP contribution in [0.5, 0.6) is 0 Å². The van der Waals surface area contributed by atoms with Gasteiger partial charge in [0.25, 0.3) is 0 Å². The molecule has 0 bridgehead atoms. The van der Waals surface area contributed by atoms with Crippen LogP contribution in [0.4, 0.5) is 0 Å². The average molecular weight is 274 g/mol. The van der Waals surface area contributed by atoms with E-state index in [1.54, 1.807) is 6.33 Å². The van der Waals surface area contributed by atoms with Crippen LogP contribution < -0.4 is 0 Å². The summed E-state index contributed by atoms with van der Waals surface area (Å²) >= 11 is 3.69. The van der Waals surface area contributed by atoms with E-state index < -0.39 is 0 Å². The van der Waals surface area contributed by atoms with Gasteiger partial charge >= 0.3 is 0 Å². The van der Waals surface area contributed by atoms with E-state index in [2.05, 4.69) is 46.8 Å². The van der Waals surface area contributed by atoms with Gasteiger partial charge in [-0.05, 0) is 26.7 Å². The fourth-order valence-corrected chi connectivity index (χ4v) is 2.31. The molecule has 0 aliphatic carbocycles. The third-order valence-corrected chi connectivity index (χ3v) is 3.34. The number of halogens is 1. The Balaban J connectivity index is 2.46. The van der Waals surface area contributed by atoms with Gasteiger partial charge < -0.3 is 0 Å². The first-order chi connectivity index (χ1) is 7.15. The molecule has 86 valence electrons. The lowest BCUT2D eigenvalue weighted by Crippen LogP contribution is -2.10. The van der Waals surface area contributed by atoms with Crippen molar-refractivity contribution in [3.8, 4) is 0 Å². The van der Waals surface area contributed by atoms with Crippen molar-refractivity contribution < 1.29 is 0 Å². The largest absolute Gasteiger partial charge is 0.248 e. The molecular formula is C11H20BrN3. The highest BCUT2D eigenvalue weighted by molar-refractivity contribution is 9.09. The summed E-state index contributed by atoms with van der Waals surface area (Å²) in [5, 5.41) is 4.23. The summed E-state index contributed by atoms with van der Waals surface area (Å²) in [6.45, 7) is 6.48. The van der Waals surface area contributed by atoms with Crippen molar-refractivity contribution in [2.75, 3.05) is 0 Å². The first kappa shape index (κ1) is 12.7. The molecule has 0 aromatic carbocycles. The number of aryl methyl sites for hydroxylation is 1. The number of alkyl halides is 1. The van der Waals surface area contributed by atoms with Gasteiger partial charge in [-0.2, -0.15) is 5.10 Å². The molecule has 0 aliphatic heterocycles. The van der Waals surface area contributed by atoms with E-state index >= 15 is 0 Å². The molecule has 1 unspecified atom stereocenters. The molecule has 1 heterocycles. The predicted molar refractivity (Wildman–Crippen MR) is 66.4 cm³/mol. The zero-order valence-corrected chi connectivity index (χ0v) is 11.4. The molecule has 0 fully saturated rings. The highest BCUT2D eigenvalue weighted by atomic mass is 79.9. The first-order valence-corrected chi connectivity index (χ1v) is 6.59. The summed E-state index contributed by atoms with van der Waals surface area (Å²) in [5.74, 6) is 1.10. The van der Waals surface area contributed by atoms with Crippen LogP contribution in [0, 0.1) is 0 Å². The van der Waals surface area contributed by atoms with E-state index in [0.29, 0.717) is 10.9 Å². The second-order valence-corrected chi connectivity index (χ2v) is 5.43. The summed E-state index contributed by atoms with van der Waals surface area (Å²) in [4.78, 5) is 4.91. The number of nitrogens with zero attached hydrogens (tertiary/aromatic N) is 3. The summed E-state index contributed by atoms with van der Waals surface area (Å²) in [7, 11) is 0. The number of aromatic nitrogens is 3. The molecule has 4 heteroatoms. The van der Waals surface area contributed by atoms with Crippen LogP contribution in [-0.4, -0.2) is 19.6 Å². The van der Waals surface area contributed by atoms with Crippen molar-refractivity contribution in [2.45, 2.75) is 57.3 Å². The molecule has 1 aromatic heterocycles. The van der Waals surface area contributed by atoms with E-state index in [4.69, 9.17) is 0 Å². The SMILES string of the molecule is CCCC(Br)CCc1ncnn1C(C)C. The van der Waals surface area contributed by atoms with Gasteiger partial charge in [-0.15, -0.1) is 0 Å². The maximum atomic E-state index is 4.30. The van der Waals surface area contributed by atoms with Crippen molar-refractivity contribution in [3.63, 3.8) is 0 Å². The second kappa shape index (κ2) is 6.26. The smallest absolute Gasteiger partial charge is 0.138 e. The van der Waals surface area contributed by atoms with Crippen molar-refractivity contribution in [1.82, 2.24) is 14.8 Å². The lowest BCUT2D eigenvalue weighted by molar-refractivity contribution is 0.498. The summed E-state index contributed by atoms with van der Waals surface area (Å²) in [6, 6.07) is 0.405. The van der Waals surface area contributed by atoms with Gasteiger partial charge in [0, 0.05) is 17.3 Å². The second-order valence-electron chi connectivity index (χ2n) is 4.14. The van der Waals surface area contributed by atoms with Gasteiger partial charge in [0.05, 0.1) is 0 Å². The van der Waals surface area contributed by atoms with Crippen molar-refractivity contribution in [3.05, 3.63) is 12.2 Å². The zero-order valence-electron chi connectivity index (χ0n) is 9.78. The third-order valence-electron chi connectivity index (χ3n) is 2.42. The third kappa shape index (κ3) is 3.93. The van der Waals surface area contributed by atoms with Crippen molar-refractivity contribution in [2.24, 2.45) is 0 Å². The standard InChI is InChI=1S/C11H20BrN3/c1-4-5-10(12)6-7-11-13-8-14-15(11)9(2)3/h8-10H,4-7H2,1-3H3. The van der Waals surface area contributed by atoms with E-state index in [9.17, 15) is 0 Å². The molecule has 0 radical (unpaired) electrons. The topological polar surface area (TPSA) is 30.7 Å². The highest BCUT2D eigenvalue weighted by Gasteiger charge is 2.09.